The molecular formula is C7H8ClN3O2. The minimum atomic E-state index is -0.589. The monoisotopic (exact) mass is 201 g/mol. The van der Waals surface area contributed by atoms with Crippen LogP contribution in [0.25, 0.3) is 0 Å². The van der Waals surface area contributed by atoms with Gasteiger partial charge in [-0.3, -0.25) is 14.2 Å². The van der Waals surface area contributed by atoms with Crippen LogP contribution in [0.2, 0.25) is 5.15 Å². The van der Waals surface area contributed by atoms with Gasteiger partial charge in [0.1, 0.15) is 17.5 Å². The maximum absolute atomic E-state index is 11.2. The minimum absolute atomic E-state index is 0.114. The van der Waals surface area contributed by atoms with Gasteiger partial charge in [0.25, 0.3) is 5.56 Å². The van der Waals surface area contributed by atoms with Crippen molar-refractivity contribution in [2.45, 2.75) is 13.5 Å². The van der Waals surface area contributed by atoms with Gasteiger partial charge >= 0.3 is 0 Å². The molecule has 0 atom stereocenters. The van der Waals surface area contributed by atoms with Crippen LogP contribution in [0.3, 0.4) is 0 Å². The molecule has 1 heterocycles. The summed E-state index contributed by atoms with van der Waals surface area (Å²) in [6, 6.07) is 1.14. The standard InChI is InChI=1S/C7H8ClN3O2/c1-4-10-5(8)2-7(13)11(4)3-6(9)12/h2H,3H2,1H3,(H2,9,12). The van der Waals surface area contributed by atoms with Crippen LogP contribution < -0.4 is 11.3 Å². The van der Waals surface area contributed by atoms with E-state index in [4.69, 9.17) is 17.3 Å². The Hall–Kier alpha value is -1.36. The molecule has 0 aromatic carbocycles. The third kappa shape index (κ3) is 2.29. The minimum Gasteiger partial charge on any atom is -0.368 e. The number of rotatable bonds is 2. The second-order valence-corrected chi connectivity index (χ2v) is 2.90. The fraction of sp³-hybridized carbons (Fsp3) is 0.286. The van der Waals surface area contributed by atoms with Gasteiger partial charge in [-0.2, -0.15) is 0 Å². The van der Waals surface area contributed by atoms with Crippen LogP contribution in [-0.2, 0) is 11.3 Å². The van der Waals surface area contributed by atoms with E-state index in [0.29, 0.717) is 5.82 Å². The lowest BCUT2D eigenvalue weighted by Crippen LogP contribution is -2.29. The Kier molecular flexibility index (Phi) is 2.67. The molecule has 0 saturated heterocycles. The number of nitrogens with two attached hydrogens (primary N) is 1. The highest BCUT2D eigenvalue weighted by Crippen LogP contribution is 2.00. The van der Waals surface area contributed by atoms with Crippen LogP contribution in [0.1, 0.15) is 5.82 Å². The predicted molar refractivity (Wildman–Crippen MR) is 47.4 cm³/mol. The van der Waals surface area contributed by atoms with E-state index in [9.17, 15) is 9.59 Å². The van der Waals surface area contributed by atoms with Crippen molar-refractivity contribution in [2.24, 2.45) is 5.73 Å². The van der Waals surface area contributed by atoms with Crippen LogP contribution in [0.15, 0.2) is 10.9 Å². The van der Waals surface area contributed by atoms with E-state index in [0.717, 1.165) is 10.6 Å². The summed E-state index contributed by atoms with van der Waals surface area (Å²) in [6.07, 6.45) is 0. The number of halogens is 1. The first kappa shape index (κ1) is 9.73. The van der Waals surface area contributed by atoms with Crippen molar-refractivity contribution in [1.82, 2.24) is 9.55 Å². The maximum Gasteiger partial charge on any atom is 0.255 e. The molecular weight excluding hydrogens is 194 g/mol. The van der Waals surface area contributed by atoms with E-state index >= 15 is 0 Å². The van der Waals surface area contributed by atoms with Crippen molar-refractivity contribution in [3.8, 4) is 0 Å². The summed E-state index contributed by atoms with van der Waals surface area (Å²) in [4.78, 5) is 25.6. The van der Waals surface area contributed by atoms with Crippen molar-refractivity contribution in [1.29, 1.82) is 0 Å². The van der Waals surface area contributed by atoms with Crippen LogP contribution in [0.4, 0.5) is 0 Å². The summed E-state index contributed by atoms with van der Waals surface area (Å²) in [6.45, 7) is 1.41. The first-order valence-electron chi connectivity index (χ1n) is 3.53. The number of primary amides is 1. The molecule has 0 aliphatic rings. The van der Waals surface area contributed by atoms with Gasteiger partial charge in [-0.25, -0.2) is 4.98 Å². The van der Waals surface area contributed by atoms with Gasteiger partial charge in [0, 0.05) is 6.07 Å². The SMILES string of the molecule is Cc1nc(Cl)cc(=O)n1CC(N)=O. The molecule has 0 aliphatic carbocycles. The summed E-state index contributed by atoms with van der Waals surface area (Å²) in [7, 11) is 0. The fourth-order valence-corrected chi connectivity index (χ4v) is 1.15. The Balaban J connectivity index is 3.21. The zero-order valence-electron chi connectivity index (χ0n) is 6.95. The second kappa shape index (κ2) is 3.57. The van der Waals surface area contributed by atoms with Crippen LogP contribution in [0.5, 0.6) is 0 Å². The number of carbonyl (C=O) groups is 1. The Morgan fingerprint density at radius 2 is 2.38 bits per heavy atom. The molecule has 70 valence electrons. The van der Waals surface area contributed by atoms with Gasteiger partial charge in [-0.1, -0.05) is 11.6 Å². The molecule has 0 saturated carbocycles. The number of amides is 1. The normalized spacial score (nSPS) is 10.0. The van der Waals surface area contributed by atoms with Crippen LogP contribution in [-0.4, -0.2) is 15.5 Å². The first-order valence-corrected chi connectivity index (χ1v) is 3.91. The Bertz CT molecular complexity index is 399. The quantitative estimate of drug-likeness (QED) is 0.667. The van der Waals surface area contributed by atoms with Crippen LogP contribution in [0, 0.1) is 6.92 Å². The summed E-state index contributed by atoms with van der Waals surface area (Å²) in [5, 5.41) is 0.114. The molecule has 13 heavy (non-hydrogen) atoms. The molecule has 0 radical (unpaired) electrons. The Labute approximate surface area is 79.1 Å². The van der Waals surface area contributed by atoms with Crippen LogP contribution >= 0.6 is 11.6 Å². The Morgan fingerprint density at radius 1 is 1.77 bits per heavy atom. The average Bonchev–Trinajstić information content (AvgIpc) is 1.96. The molecule has 0 bridgehead atoms. The molecule has 0 unspecified atom stereocenters. The largest absolute Gasteiger partial charge is 0.368 e. The zero-order chi connectivity index (χ0) is 10.0. The number of hydrogen-bond acceptors (Lipinski definition) is 3. The number of nitrogens with zero attached hydrogens (tertiary/aromatic N) is 2. The molecule has 6 heteroatoms. The van der Waals surface area contributed by atoms with E-state index < -0.39 is 5.91 Å². The van der Waals surface area contributed by atoms with Crippen molar-refractivity contribution in [2.75, 3.05) is 0 Å². The average molecular weight is 202 g/mol. The predicted octanol–water partition coefficient (Wildman–Crippen LogP) is -0.310. The number of aryl methyl sites for hydroxylation is 1. The molecule has 5 nitrogen and oxygen atoms in total. The van der Waals surface area contributed by atoms with E-state index in [1.54, 1.807) is 6.92 Å². The highest BCUT2D eigenvalue weighted by Gasteiger charge is 2.05. The summed E-state index contributed by atoms with van der Waals surface area (Å²) < 4.78 is 1.16. The summed E-state index contributed by atoms with van der Waals surface area (Å²) >= 11 is 5.52. The maximum atomic E-state index is 11.2. The number of carbonyl (C=O) groups excluding carboxylic acids is 1. The lowest BCUT2D eigenvalue weighted by Gasteiger charge is -2.05. The first-order chi connectivity index (χ1) is 6.00. The van der Waals surface area contributed by atoms with E-state index in [1.807, 2.05) is 0 Å². The van der Waals surface area contributed by atoms with Crippen molar-refractivity contribution < 1.29 is 4.79 Å². The highest BCUT2D eigenvalue weighted by molar-refractivity contribution is 6.29. The van der Waals surface area contributed by atoms with Gasteiger partial charge < -0.3 is 5.73 Å². The third-order valence-electron chi connectivity index (χ3n) is 1.48. The highest BCUT2D eigenvalue weighted by atomic mass is 35.5. The molecule has 1 aromatic heterocycles. The van der Waals surface area contributed by atoms with Crippen molar-refractivity contribution >= 4 is 17.5 Å². The van der Waals surface area contributed by atoms with Gasteiger partial charge in [0.15, 0.2) is 0 Å². The van der Waals surface area contributed by atoms with Gasteiger partial charge in [-0.15, -0.1) is 0 Å². The molecule has 1 rings (SSSR count). The lowest BCUT2D eigenvalue weighted by molar-refractivity contribution is -0.118. The second-order valence-electron chi connectivity index (χ2n) is 2.52. The molecule has 1 aromatic rings. The third-order valence-corrected chi connectivity index (χ3v) is 1.68. The smallest absolute Gasteiger partial charge is 0.255 e. The lowest BCUT2D eigenvalue weighted by atomic mass is 10.5. The van der Waals surface area contributed by atoms with Gasteiger partial charge in [0.05, 0.1) is 0 Å². The topological polar surface area (TPSA) is 78.0 Å². The van der Waals surface area contributed by atoms with E-state index in [2.05, 4.69) is 4.98 Å². The fourth-order valence-electron chi connectivity index (χ4n) is 0.935. The molecule has 0 aliphatic heterocycles. The number of aromatic nitrogens is 2. The van der Waals surface area contributed by atoms with Gasteiger partial charge in [0.2, 0.25) is 5.91 Å². The molecule has 0 spiro atoms. The Morgan fingerprint density at radius 3 is 2.85 bits per heavy atom. The van der Waals surface area contributed by atoms with E-state index in [-0.39, 0.29) is 17.3 Å². The summed E-state index contributed by atoms with van der Waals surface area (Å²) in [5.74, 6) is -0.217. The zero-order valence-corrected chi connectivity index (χ0v) is 7.71. The molecule has 2 N–H and O–H groups in total. The summed E-state index contributed by atoms with van der Waals surface area (Å²) in [5.41, 5.74) is 4.56. The molecule has 0 fully saturated rings. The van der Waals surface area contributed by atoms with E-state index in [1.165, 1.54) is 0 Å². The van der Waals surface area contributed by atoms with Crippen molar-refractivity contribution in [3.05, 3.63) is 27.4 Å². The number of hydrogen-bond donors (Lipinski definition) is 1. The molecule has 1 amide bonds. The van der Waals surface area contributed by atoms with Gasteiger partial charge in [-0.05, 0) is 6.92 Å². The van der Waals surface area contributed by atoms with Crippen molar-refractivity contribution in [3.63, 3.8) is 0 Å².